The SMILES string of the molecule is CCCCCCCC/C=[C]/CCCCCCO. The van der Waals surface area contributed by atoms with Gasteiger partial charge in [-0.1, -0.05) is 57.9 Å². The van der Waals surface area contributed by atoms with E-state index < -0.39 is 0 Å². The van der Waals surface area contributed by atoms with Gasteiger partial charge in [-0.2, -0.15) is 0 Å². The average Bonchev–Trinajstić information content (AvgIpc) is 2.35. The molecular weight excluding hydrogens is 208 g/mol. The van der Waals surface area contributed by atoms with E-state index in [0.717, 1.165) is 19.3 Å². The topological polar surface area (TPSA) is 20.2 Å². The van der Waals surface area contributed by atoms with E-state index in [9.17, 15) is 0 Å². The summed E-state index contributed by atoms with van der Waals surface area (Å²) in [5.41, 5.74) is 0. The molecule has 0 atom stereocenters. The Morgan fingerprint density at radius 1 is 0.824 bits per heavy atom. The van der Waals surface area contributed by atoms with Crippen molar-refractivity contribution in [3.05, 3.63) is 12.2 Å². The molecule has 0 aliphatic rings. The highest BCUT2D eigenvalue weighted by atomic mass is 16.2. The van der Waals surface area contributed by atoms with Gasteiger partial charge in [-0.25, -0.2) is 0 Å². The zero-order chi connectivity index (χ0) is 12.6. The Hall–Kier alpha value is -0.300. The maximum atomic E-state index is 8.62. The molecule has 0 fully saturated rings. The molecule has 0 bridgehead atoms. The van der Waals surface area contributed by atoms with Crippen molar-refractivity contribution < 1.29 is 5.11 Å². The number of hydrogen-bond donors (Lipinski definition) is 1. The molecule has 1 heteroatoms. The van der Waals surface area contributed by atoms with E-state index in [4.69, 9.17) is 5.11 Å². The molecule has 0 rings (SSSR count). The van der Waals surface area contributed by atoms with Gasteiger partial charge in [-0.3, -0.25) is 0 Å². The first-order valence-corrected chi connectivity index (χ1v) is 7.57. The van der Waals surface area contributed by atoms with Crippen molar-refractivity contribution in [3.63, 3.8) is 0 Å². The Morgan fingerprint density at radius 2 is 1.47 bits per heavy atom. The molecule has 1 radical (unpaired) electrons. The fraction of sp³-hybridized carbons (Fsp3) is 0.875. The first-order chi connectivity index (χ1) is 8.41. The number of hydrogen-bond acceptors (Lipinski definition) is 1. The summed E-state index contributed by atoms with van der Waals surface area (Å²) < 4.78 is 0. The largest absolute Gasteiger partial charge is 0.396 e. The van der Waals surface area contributed by atoms with Crippen LogP contribution in [-0.4, -0.2) is 11.7 Å². The summed E-state index contributed by atoms with van der Waals surface area (Å²) >= 11 is 0. The van der Waals surface area contributed by atoms with Gasteiger partial charge in [0.2, 0.25) is 0 Å². The summed E-state index contributed by atoms with van der Waals surface area (Å²) in [6.07, 6.45) is 20.8. The van der Waals surface area contributed by atoms with Crippen LogP contribution in [0.4, 0.5) is 0 Å². The van der Waals surface area contributed by atoms with E-state index in [0.29, 0.717) is 6.61 Å². The van der Waals surface area contributed by atoms with Crippen LogP contribution >= 0.6 is 0 Å². The van der Waals surface area contributed by atoms with E-state index in [-0.39, 0.29) is 0 Å². The van der Waals surface area contributed by atoms with E-state index in [1.807, 2.05) is 0 Å². The van der Waals surface area contributed by atoms with Crippen molar-refractivity contribution >= 4 is 0 Å². The van der Waals surface area contributed by atoms with Gasteiger partial charge in [0.1, 0.15) is 0 Å². The molecule has 0 amide bonds. The summed E-state index contributed by atoms with van der Waals surface area (Å²) in [7, 11) is 0. The number of unbranched alkanes of at least 4 members (excludes halogenated alkanes) is 10. The van der Waals surface area contributed by atoms with Crippen molar-refractivity contribution in [2.75, 3.05) is 6.61 Å². The number of allylic oxidation sites excluding steroid dienone is 2. The second-order valence-corrected chi connectivity index (χ2v) is 4.85. The minimum absolute atomic E-state index is 0.345. The molecule has 0 aromatic heterocycles. The van der Waals surface area contributed by atoms with Gasteiger partial charge in [0.25, 0.3) is 0 Å². The molecule has 101 valence electrons. The summed E-state index contributed by atoms with van der Waals surface area (Å²) in [6, 6.07) is 0. The van der Waals surface area contributed by atoms with Crippen molar-refractivity contribution in [2.45, 2.75) is 84.0 Å². The third kappa shape index (κ3) is 15.7. The zero-order valence-corrected chi connectivity index (χ0v) is 11.7. The number of aliphatic hydroxyl groups excluding tert-OH is 1. The lowest BCUT2D eigenvalue weighted by atomic mass is 10.1. The maximum Gasteiger partial charge on any atom is 0.0431 e. The van der Waals surface area contributed by atoms with Gasteiger partial charge >= 0.3 is 0 Å². The van der Waals surface area contributed by atoms with Crippen LogP contribution in [0.3, 0.4) is 0 Å². The quantitative estimate of drug-likeness (QED) is 0.446. The molecule has 0 unspecified atom stereocenters. The minimum atomic E-state index is 0.345. The first kappa shape index (κ1) is 16.7. The number of rotatable bonds is 13. The second kappa shape index (κ2) is 15.7. The molecule has 0 spiro atoms. The van der Waals surface area contributed by atoms with Gasteiger partial charge in [0, 0.05) is 6.61 Å². The van der Waals surface area contributed by atoms with Crippen molar-refractivity contribution in [2.24, 2.45) is 0 Å². The lowest BCUT2D eigenvalue weighted by Crippen LogP contribution is -1.82. The molecule has 0 aliphatic carbocycles. The van der Waals surface area contributed by atoms with Crippen LogP contribution in [-0.2, 0) is 0 Å². The molecule has 0 saturated carbocycles. The predicted molar refractivity (Wildman–Crippen MR) is 76.0 cm³/mol. The average molecular weight is 239 g/mol. The standard InChI is InChI=1S/C16H31O/c1-2-3-4-5-6-7-8-9-10-11-12-13-14-15-16-17/h9,17H,2-8,11-16H2,1H3. The summed E-state index contributed by atoms with van der Waals surface area (Å²) in [5, 5.41) is 8.62. The molecule has 0 aromatic rings. The van der Waals surface area contributed by atoms with Crippen LogP contribution in [0, 0.1) is 6.08 Å². The monoisotopic (exact) mass is 239 g/mol. The van der Waals surface area contributed by atoms with Crippen molar-refractivity contribution in [1.82, 2.24) is 0 Å². The molecule has 0 saturated heterocycles. The molecular formula is C16H31O. The second-order valence-electron chi connectivity index (χ2n) is 4.85. The van der Waals surface area contributed by atoms with Crippen LogP contribution in [0.2, 0.25) is 0 Å². The Bertz CT molecular complexity index is 152. The van der Waals surface area contributed by atoms with Gasteiger partial charge in [-0.15, -0.1) is 0 Å². The number of aliphatic hydroxyl groups is 1. The van der Waals surface area contributed by atoms with Crippen LogP contribution < -0.4 is 0 Å². The fourth-order valence-corrected chi connectivity index (χ4v) is 1.92. The third-order valence-electron chi connectivity index (χ3n) is 3.08. The Morgan fingerprint density at radius 3 is 2.24 bits per heavy atom. The Kier molecular flexibility index (Phi) is 15.4. The molecule has 1 nitrogen and oxygen atoms in total. The smallest absolute Gasteiger partial charge is 0.0431 e. The molecule has 0 aromatic carbocycles. The van der Waals surface area contributed by atoms with Gasteiger partial charge < -0.3 is 5.11 Å². The summed E-state index contributed by atoms with van der Waals surface area (Å²) in [6.45, 7) is 2.61. The molecule has 0 heterocycles. The van der Waals surface area contributed by atoms with E-state index >= 15 is 0 Å². The summed E-state index contributed by atoms with van der Waals surface area (Å²) in [5.74, 6) is 0. The highest BCUT2D eigenvalue weighted by Crippen LogP contribution is 2.08. The van der Waals surface area contributed by atoms with Crippen molar-refractivity contribution in [3.8, 4) is 0 Å². The molecule has 1 N–H and O–H groups in total. The van der Waals surface area contributed by atoms with Gasteiger partial charge in [-0.05, 0) is 38.2 Å². The van der Waals surface area contributed by atoms with Crippen molar-refractivity contribution in [1.29, 1.82) is 0 Å². The van der Waals surface area contributed by atoms with E-state index in [1.165, 1.54) is 57.8 Å². The maximum absolute atomic E-state index is 8.62. The van der Waals surface area contributed by atoms with Crippen LogP contribution in [0.1, 0.15) is 84.0 Å². The first-order valence-electron chi connectivity index (χ1n) is 7.57. The Labute approximate surface area is 108 Å². The normalized spacial score (nSPS) is 11.4. The zero-order valence-electron chi connectivity index (χ0n) is 11.7. The van der Waals surface area contributed by atoms with E-state index in [2.05, 4.69) is 19.1 Å². The predicted octanol–water partition coefficient (Wildman–Crippen LogP) is 5.04. The Balaban J connectivity index is 2.99. The van der Waals surface area contributed by atoms with Gasteiger partial charge in [0.15, 0.2) is 0 Å². The minimum Gasteiger partial charge on any atom is -0.396 e. The van der Waals surface area contributed by atoms with Crippen LogP contribution in [0.15, 0.2) is 6.08 Å². The fourth-order valence-electron chi connectivity index (χ4n) is 1.92. The molecule has 0 aliphatic heterocycles. The lowest BCUT2D eigenvalue weighted by molar-refractivity contribution is 0.282. The van der Waals surface area contributed by atoms with Crippen LogP contribution in [0.25, 0.3) is 0 Å². The molecule has 17 heavy (non-hydrogen) atoms. The van der Waals surface area contributed by atoms with Gasteiger partial charge in [0.05, 0.1) is 0 Å². The summed E-state index contributed by atoms with van der Waals surface area (Å²) in [4.78, 5) is 0. The van der Waals surface area contributed by atoms with E-state index in [1.54, 1.807) is 0 Å². The lowest BCUT2D eigenvalue weighted by Gasteiger charge is -1.98. The van der Waals surface area contributed by atoms with Crippen LogP contribution in [0.5, 0.6) is 0 Å². The highest BCUT2D eigenvalue weighted by Gasteiger charge is 1.89. The third-order valence-corrected chi connectivity index (χ3v) is 3.08. The highest BCUT2D eigenvalue weighted by molar-refractivity contribution is 4.73.